The highest BCUT2D eigenvalue weighted by atomic mass is 16.4. The average Bonchev–Trinajstić information content (AvgIpc) is 3.33. The first kappa shape index (κ1) is 26.5. The molecule has 4 rings (SSSR count). The molecule has 0 bridgehead atoms. The number of hydrogen-bond acceptors (Lipinski definition) is 5. The van der Waals surface area contributed by atoms with E-state index in [0.29, 0.717) is 23.4 Å². The Balaban J connectivity index is 1.39. The Morgan fingerprint density at radius 3 is 2.24 bits per heavy atom. The lowest BCUT2D eigenvalue weighted by Crippen LogP contribution is -2.35. The Bertz CT molecular complexity index is 1380. The Morgan fingerprint density at radius 2 is 1.58 bits per heavy atom. The van der Waals surface area contributed by atoms with Crippen LogP contribution in [-0.4, -0.2) is 35.5 Å². The standard InChI is InChI=1S/C30H31N3O5/c1-19(2)17-25(32-23-13-9-21(10-14-23)29(36)31-16-15-28(34)35)30(37)33-24-11-7-20(8-12-24)27-18-22-5-3-4-6-26(22)38-27/h3-14,18-19,25,32H,15-17H2,1-2H3,(H,31,36)(H,33,37)(H,34,35). The van der Waals surface area contributed by atoms with Gasteiger partial charge in [-0.05, 0) is 73.0 Å². The van der Waals surface area contributed by atoms with Gasteiger partial charge in [-0.1, -0.05) is 32.0 Å². The van der Waals surface area contributed by atoms with Crippen molar-refractivity contribution in [2.45, 2.75) is 32.7 Å². The van der Waals surface area contributed by atoms with Crippen molar-refractivity contribution in [3.8, 4) is 11.3 Å². The monoisotopic (exact) mass is 513 g/mol. The number of benzene rings is 3. The second kappa shape index (κ2) is 12.1. The van der Waals surface area contributed by atoms with Crippen LogP contribution >= 0.6 is 0 Å². The number of nitrogens with one attached hydrogen (secondary N) is 3. The van der Waals surface area contributed by atoms with Gasteiger partial charge in [-0.25, -0.2) is 0 Å². The number of para-hydroxylation sites is 1. The average molecular weight is 514 g/mol. The summed E-state index contributed by atoms with van der Waals surface area (Å²) in [5, 5.41) is 18.6. The van der Waals surface area contributed by atoms with Crippen LogP contribution in [0.25, 0.3) is 22.3 Å². The van der Waals surface area contributed by atoms with Crippen LogP contribution in [-0.2, 0) is 9.59 Å². The van der Waals surface area contributed by atoms with Crippen LogP contribution in [0.4, 0.5) is 11.4 Å². The maximum atomic E-state index is 13.2. The highest BCUT2D eigenvalue weighted by Crippen LogP contribution is 2.28. The van der Waals surface area contributed by atoms with Crippen LogP contribution in [0.15, 0.2) is 83.3 Å². The first-order valence-electron chi connectivity index (χ1n) is 12.5. The number of amides is 2. The molecular formula is C30H31N3O5. The van der Waals surface area contributed by atoms with E-state index in [-0.39, 0.29) is 30.7 Å². The number of carbonyl (C=O) groups excluding carboxylic acids is 2. The van der Waals surface area contributed by atoms with Gasteiger partial charge in [0.05, 0.1) is 6.42 Å². The fourth-order valence-corrected chi connectivity index (χ4v) is 4.08. The van der Waals surface area contributed by atoms with Crippen LogP contribution in [0.2, 0.25) is 0 Å². The van der Waals surface area contributed by atoms with Gasteiger partial charge < -0.3 is 25.5 Å². The molecule has 0 aliphatic carbocycles. The third-order valence-corrected chi connectivity index (χ3v) is 6.00. The molecule has 196 valence electrons. The highest BCUT2D eigenvalue weighted by molar-refractivity contribution is 5.97. The smallest absolute Gasteiger partial charge is 0.305 e. The van der Waals surface area contributed by atoms with E-state index in [2.05, 4.69) is 29.8 Å². The lowest BCUT2D eigenvalue weighted by atomic mass is 10.0. The number of fused-ring (bicyclic) bond motifs is 1. The molecule has 1 unspecified atom stereocenters. The van der Waals surface area contributed by atoms with Crippen LogP contribution in [0.5, 0.6) is 0 Å². The summed E-state index contributed by atoms with van der Waals surface area (Å²) < 4.78 is 5.93. The minimum absolute atomic E-state index is 0.0596. The zero-order valence-corrected chi connectivity index (χ0v) is 21.4. The molecular weight excluding hydrogens is 482 g/mol. The number of rotatable bonds is 11. The molecule has 8 nitrogen and oxygen atoms in total. The number of carboxylic acids is 1. The molecule has 8 heteroatoms. The first-order chi connectivity index (χ1) is 18.3. The summed E-state index contributed by atoms with van der Waals surface area (Å²) in [4.78, 5) is 36.0. The molecule has 0 saturated carbocycles. The Morgan fingerprint density at radius 1 is 0.895 bits per heavy atom. The van der Waals surface area contributed by atoms with Crippen molar-refractivity contribution in [3.63, 3.8) is 0 Å². The summed E-state index contributed by atoms with van der Waals surface area (Å²) in [6, 6.07) is 23.6. The van der Waals surface area contributed by atoms with E-state index in [4.69, 9.17) is 9.52 Å². The summed E-state index contributed by atoms with van der Waals surface area (Å²) in [5.74, 6) is -0.442. The van der Waals surface area contributed by atoms with Gasteiger partial charge in [0.1, 0.15) is 17.4 Å². The van der Waals surface area contributed by atoms with E-state index < -0.39 is 12.0 Å². The minimum Gasteiger partial charge on any atom is -0.481 e. The van der Waals surface area contributed by atoms with E-state index in [1.54, 1.807) is 24.3 Å². The number of carbonyl (C=O) groups is 3. The molecule has 1 heterocycles. The third kappa shape index (κ3) is 7.00. The molecule has 38 heavy (non-hydrogen) atoms. The molecule has 0 fully saturated rings. The van der Waals surface area contributed by atoms with Gasteiger partial charge in [0.15, 0.2) is 0 Å². The summed E-state index contributed by atoms with van der Waals surface area (Å²) in [6.45, 7) is 4.16. The molecule has 0 spiro atoms. The van der Waals surface area contributed by atoms with Crippen molar-refractivity contribution < 1.29 is 23.9 Å². The summed E-state index contributed by atoms with van der Waals surface area (Å²) >= 11 is 0. The molecule has 0 aliphatic rings. The quantitative estimate of drug-likeness (QED) is 0.202. The van der Waals surface area contributed by atoms with Crippen molar-refractivity contribution >= 4 is 40.1 Å². The van der Waals surface area contributed by atoms with E-state index >= 15 is 0 Å². The number of carboxylic acid groups (broad SMARTS) is 1. The van der Waals surface area contributed by atoms with Crippen molar-refractivity contribution in [2.24, 2.45) is 5.92 Å². The fourth-order valence-electron chi connectivity index (χ4n) is 4.08. The Hall–Kier alpha value is -4.59. The number of aliphatic carboxylic acids is 1. The predicted octanol–water partition coefficient (Wildman–Crippen LogP) is 5.77. The molecule has 2 amide bonds. The first-order valence-corrected chi connectivity index (χ1v) is 12.5. The zero-order chi connectivity index (χ0) is 27.1. The van der Waals surface area contributed by atoms with Gasteiger partial charge >= 0.3 is 5.97 Å². The number of anilines is 2. The Kier molecular flexibility index (Phi) is 8.43. The summed E-state index contributed by atoms with van der Waals surface area (Å²) in [7, 11) is 0. The van der Waals surface area contributed by atoms with Gasteiger partial charge in [0, 0.05) is 34.4 Å². The van der Waals surface area contributed by atoms with Crippen molar-refractivity contribution in [1.29, 1.82) is 0 Å². The molecule has 0 aliphatic heterocycles. The van der Waals surface area contributed by atoms with Crippen LogP contribution in [0, 0.1) is 5.92 Å². The van der Waals surface area contributed by atoms with Gasteiger partial charge in [-0.2, -0.15) is 0 Å². The van der Waals surface area contributed by atoms with E-state index in [1.807, 2.05) is 54.6 Å². The molecule has 4 N–H and O–H groups in total. The van der Waals surface area contributed by atoms with Crippen molar-refractivity contribution in [3.05, 3.63) is 84.4 Å². The second-order valence-corrected chi connectivity index (χ2v) is 9.52. The lowest BCUT2D eigenvalue weighted by molar-refractivity contribution is -0.136. The third-order valence-electron chi connectivity index (χ3n) is 6.00. The molecule has 0 radical (unpaired) electrons. The largest absolute Gasteiger partial charge is 0.481 e. The fraction of sp³-hybridized carbons (Fsp3) is 0.233. The van der Waals surface area contributed by atoms with Gasteiger partial charge in [-0.15, -0.1) is 0 Å². The number of hydrogen-bond donors (Lipinski definition) is 4. The zero-order valence-electron chi connectivity index (χ0n) is 21.4. The van der Waals surface area contributed by atoms with E-state index in [0.717, 1.165) is 22.3 Å². The number of furan rings is 1. The van der Waals surface area contributed by atoms with E-state index in [1.165, 1.54) is 0 Å². The Labute approximate surface area is 221 Å². The van der Waals surface area contributed by atoms with Gasteiger partial charge in [0.2, 0.25) is 5.91 Å². The second-order valence-electron chi connectivity index (χ2n) is 9.52. The normalized spacial score (nSPS) is 11.8. The topological polar surface area (TPSA) is 121 Å². The molecule has 4 aromatic rings. The lowest BCUT2D eigenvalue weighted by Gasteiger charge is -2.21. The highest BCUT2D eigenvalue weighted by Gasteiger charge is 2.20. The van der Waals surface area contributed by atoms with Gasteiger partial charge in [-0.3, -0.25) is 14.4 Å². The molecule has 0 saturated heterocycles. The minimum atomic E-state index is -0.971. The van der Waals surface area contributed by atoms with Crippen LogP contribution in [0.3, 0.4) is 0 Å². The SMILES string of the molecule is CC(C)CC(Nc1ccc(C(=O)NCCC(=O)O)cc1)C(=O)Nc1ccc(-c2cc3ccccc3o2)cc1. The molecule has 1 aromatic heterocycles. The van der Waals surface area contributed by atoms with Gasteiger partial charge in [0.25, 0.3) is 5.91 Å². The summed E-state index contributed by atoms with van der Waals surface area (Å²) in [6.07, 6.45) is 0.473. The van der Waals surface area contributed by atoms with Crippen LogP contribution < -0.4 is 16.0 Å². The summed E-state index contributed by atoms with van der Waals surface area (Å²) in [5.41, 5.74) is 3.54. The molecule has 1 atom stereocenters. The van der Waals surface area contributed by atoms with E-state index in [9.17, 15) is 14.4 Å². The maximum Gasteiger partial charge on any atom is 0.305 e. The molecule has 3 aromatic carbocycles. The van der Waals surface area contributed by atoms with Crippen molar-refractivity contribution in [1.82, 2.24) is 5.32 Å². The predicted molar refractivity (Wildman–Crippen MR) is 148 cm³/mol. The maximum absolute atomic E-state index is 13.2. The van der Waals surface area contributed by atoms with Crippen LogP contribution in [0.1, 0.15) is 37.0 Å². The van der Waals surface area contributed by atoms with Crippen molar-refractivity contribution in [2.75, 3.05) is 17.2 Å².